The van der Waals surface area contributed by atoms with Gasteiger partial charge >= 0.3 is 5.97 Å². The van der Waals surface area contributed by atoms with Crippen LogP contribution < -0.4 is 10.6 Å². The highest BCUT2D eigenvalue weighted by molar-refractivity contribution is 5.98. The van der Waals surface area contributed by atoms with Crippen LogP contribution in [-0.4, -0.2) is 35.0 Å². The quantitative estimate of drug-likeness (QED) is 0.639. The van der Waals surface area contributed by atoms with Crippen molar-refractivity contribution in [2.45, 2.75) is 52.6 Å². The number of aliphatic carboxylic acids is 1. The average Bonchev–Trinajstić information content (AvgIpc) is 2.58. The van der Waals surface area contributed by atoms with Crippen LogP contribution in [0.4, 0.5) is 0 Å². The van der Waals surface area contributed by atoms with Gasteiger partial charge in [-0.1, -0.05) is 52.3 Å². The van der Waals surface area contributed by atoms with Crippen LogP contribution >= 0.6 is 0 Å². The Morgan fingerprint density at radius 2 is 1.64 bits per heavy atom. The van der Waals surface area contributed by atoms with E-state index in [1.54, 1.807) is 30.3 Å². The van der Waals surface area contributed by atoms with Crippen molar-refractivity contribution in [3.63, 3.8) is 0 Å². The Bertz CT molecular complexity index is 586. The van der Waals surface area contributed by atoms with Gasteiger partial charge in [-0.3, -0.25) is 9.59 Å². The van der Waals surface area contributed by atoms with Crippen LogP contribution in [0.5, 0.6) is 0 Å². The normalized spacial score (nSPS) is 14.4. The molecule has 0 spiro atoms. The fourth-order valence-electron chi connectivity index (χ4n) is 2.47. The second-order valence-electron chi connectivity index (χ2n) is 6.73. The second kappa shape index (κ2) is 9.81. The van der Waals surface area contributed by atoms with E-state index in [1.807, 2.05) is 27.7 Å². The van der Waals surface area contributed by atoms with Crippen LogP contribution in [0.3, 0.4) is 0 Å². The van der Waals surface area contributed by atoms with E-state index >= 15 is 0 Å². The van der Waals surface area contributed by atoms with Crippen LogP contribution in [0.1, 0.15) is 50.9 Å². The van der Waals surface area contributed by atoms with Crippen molar-refractivity contribution in [1.29, 1.82) is 0 Å². The third kappa shape index (κ3) is 6.57. The molecule has 2 amide bonds. The molecule has 0 aromatic heterocycles. The van der Waals surface area contributed by atoms with Gasteiger partial charge in [0.1, 0.15) is 12.1 Å². The van der Waals surface area contributed by atoms with Crippen molar-refractivity contribution >= 4 is 17.8 Å². The monoisotopic (exact) mass is 348 g/mol. The molecule has 0 saturated carbocycles. The van der Waals surface area contributed by atoms with Crippen molar-refractivity contribution in [2.24, 2.45) is 11.8 Å². The predicted molar refractivity (Wildman–Crippen MR) is 96.2 cm³/mol. The molecule has 6 nitrogen and oxygen atoms in total. The smallest absolute Gasteiger partial charge is 0.326 e. The van der Waals surface area contributed by atoms with E-state index in [1.165, 1.54) is 0 Å². The van der Waals surface area contributed by atoms with Gasteiger partial charge in [0.05, 0.1) is 0 Å². The molecule has 25 heavy (non-hydrogen) atoms. The molecule has 0 radical (unpaired) electrons. The highest BCUT2D eigenvalue weighted by atomic mass is 16.4. The first kappa shape index (κ1) is 20.7. The first-order valence-electron chi connectivity index (χ1n) is 8.65. The molecule has 6 heteroatoms. The summed E-state index contributed by atoms with van der Waals surface area (Å²) in [5.41, 5.74) is 0.459. The van der Waals surface area contributed by atoms with Crippen molar-refractivity contribution in [3.05, 3.63) is 35.9 Å². The molecule has 0 aliphatic rings. The first-order valence-corrected chi connectivity index (χ1v) is 8.65. The molecule has 3 atom stereocenters. The van der Waals surface area contributed by atoms with Gasteiger partial charge in [0.2, 0.25) is 5.91 Å². The van der Waals surface area contributed by atoms with E-state index in [0.717, 1.165) is 0 Å². The summed E-state index contributed by atoms with van der Waals surface area (Å²) < 4.78 is 0. The number of nitrogens with one attached hydrogen (secondary N) is 2. The minimum absolute atomic E-state index is 0.124. The van der Waals surface area contributed by atoms with Gasteiger partial charge in [-0.15, -0.1) is 0 Å². The lowest BCUT2D eigenvalue weighted by Gasteiger charge is -2.26. The first-order chi connectivity index (χ1) is 11.8. The minimum atomic E-state index is -1.07. The predicted octanol–water partition coefficient (Wildman–Crippen LogP) is 2.45. The Morgan fingerprint density at radius 3 is 2.12 bits per heavy atom. The van der Waals surface area contributed by atoms with E-state index in [2.05, 4.69) is 10.6 Å². The van der Waals surface area contributed by atoms with Gasteiger partial charge in [-0.05, 0) is 30.4 Å². The maximum atomic E-state index is 12.6. The number of benzene rings is 1. The van der Waals surface area contributed by atoms with Crippen molar-refractivity contribution < 1.29 is 19.5 Å². The number of carbonyl (C=O) groups excluding carboxylic acids is 2. The van der Waals surface area contributed by atoms with Crippen LogP contribution in [0.25, 0.3) is 0 Å². The molecule has 3 N–H and O–H groups in total. The van der Waals surface area contributed by atoms with E-state index in [9.17, 15) is 19.5 Å². The summed E-state index contributed by atoms with van der Waals surface area (Å²) in [6.07, 6.45) is 1.01. The Kier molecular flexibility index (Phi) is 8.11. The number of carbonyl (C=O) groups is 3. The lowest BCUT2D eigenvalue weighted by Crippen LogP contribution is -2.54. The molecule has 1 rings (SSSR count). The number of amides is 2. The van der Waals surface area contributed by atoms with Crippen LogP contribution in [0.2, 0.25) is 0 Å². The van der Waals surface area contributed by atoms with Crippen LogP contribution in [-0.2, 0) is 9.59 Å². The molecule has 1 aromatic carbocycles. The molecule has 0 aliphatic heterocycles. The lowest BCUT2D eigenvalue weighted by atomic mass is 9.96. The molecule has 0 fully saturated rings. The highest BCUT2D eigenvalue weighted by Crippen LogP contribution is 2.12. The molecule has 0 aliphatic carbocycles. The summed E-state index contributed by atoms with van der Waals surface area (Å²) in [6.45, 7) is 7.56. The highest BCUT2D eigenvalue weighted by Gasteiger charge is 2.30. The van der Waals surface area contributed by atoms with Crippen molar-refractivity contribution in [3.8, 4) is 0 Å². The largest absolute Gasteiger partial charge is 0.480 e. The van der Waals surface area contributed by atoms with Gasteiger partial charge in [0.15, 0.2) is 0 Å². The maximum Gasteiger partial charge on any atom is 0.326 e. The topological polar surface area (TPSA) is 95.5 Å². The molecule has 138 valence electrons. The van der Waals surface area contributed by atoms with Gasteiger partial charge in [0.25, 0.3) is 5.91 Å². The summed E-state index contributed by atoms with van der Waals surface area (Å²) in [4.78, 5) is 36.4. The number of carboxylic acid groups (broad SMARTS) is 1. The molecule has 0 bridgehead atoms. The Labute approximate surface area is 149 Å². The minimum Gasteiger partial charge on any atom is -0.480 e. The zero-order valence-electron chi connectivity index (χ0n) is 15.3. The van der Waals surface area contributed by atoms with Crippen molar-refractivity contribution in [1.82, 2.24) is 10.6 Å². The number of rotatable bonds is 9. The van der Waals surface area contributed by atoms with Gasteiger partial charge in [-0.2, -0.15) is 0 Å². The Hall–Kier alpha value is -2.37. The van der Waals surface area contributed by atoms with Crippen molar-refractivity contribution in [2.75, 3.05) is 0 Å². The van der Waals surface area contributed by atoms with Crippen LogP contribution in [0, 0.1) is 11.8 Å². The number of hydrogen-bond donors (Lipinski definition) is 3. The zero-order valence-corrected chi connectivity index (χ0v) is 15.3. The molecule has 1 aromatic rings. The molecule has 0 heterocycles. The average molecular weight is 348 g/mol. The third-order valence-corrected chi connectivity index (χ3v) is 4.14. The molecule has 2 unspecified atom stereocenters. The summed E-state index contributed by atoms with van der Waals surface area (Å²) in [5, 5.41) is 14.6. The van der Waals surface area contributed by atoms with Gasteiger partial charge in [0, 0.05) is 5.56 Å². The van der Waals surface area contributed by atoms with E-state index in [-0.39, 0.29) is 17.7 Å². The standard InChI is InChI=1S/C19H28N2O4/c1-5-13(4)16(21-17(22)14-9-7-6-8-10-14)18(23)20-15(19(24)25)11-12(2)3/h6-10,12-13,15-16H,5,11H2,1-4H3,(H,20,23)(H,21,22)(H,24,25)/t13?,15-,16?/m1/s1. The van der Waals surface area contributed by atoms with E-state index in [4.69, 9.17) is 0 Å². The van der Waals surface area contributed by atoms with E-state index < -0.39 is 24.0 Å². The summed E-state index contributed by atoms with van der Waals surface area (Å²) in [7, 11) is 0. The summed E-state index contributed by atoms with van der Waals surface area (Å²) in [6, 6.07) is 6.88. The fraction of sp³-hybridized carbons (Fsp3) is 0.526. The number of hydrogen-bond acceptors (Lipinski definition) is 3. The van der Waals surface area contributed by atoms with Crippen LogP contribution in [0.15, 0.2) is 30.3 Å². The molecule has 0 saturated heterocycles. The van der Waals surface area contributed by atoms with Gasteiger partial charge < -0.3 is 15.7 Å². The summed E-state index contributed by atoms with van der Waals surface area (Å²) in [5.74, 6) is -1.88. The third-order valence-electron chi connectivity index (χ3n) is 4.14. The molecular formula is C19H28N2O4. The number of carboxylic acids is 1. The Balaban J connectivity index is 2.88. The summed E-state index contributed by atoms with van der Waals surface area (Å²) >= 11 is 0. The van der Waals surface area contributed by atoms with Gasteiger partial charge in [-0.25, -0.2) is 4.79 Å². The van der Waals surface area contributed by atoms with E-state index in [0.29, 0.717) is 18.4 Å². The Morgan fingerprint density at radius 1 is 1.04 bits per heavy atom. The molecular weight excluding hydrogens is 320 g/mol. The second-order valence-corrected chi connectivity index (χ2v) is 6.73. The zero-order chi connectivity index (χ0) is 19.0. The maximum absolute atomic E-state index is 12.6. The fourth-order valence-corrected chi connectivity index (χ4v) is 2.47. The SMILES string of the molecule is CCC(C)C(NC(=O)c1ccccc1)C(=O)N[C@H](CC(C)C)C(=O)O. The lowest BCUT2D eigenvalue weighted by molar-refractivity contribution is -0.142.